The highest BCUT2D eigenvalue weighted by Gasteiger charge is 2.35. The Morgan fingerprint density at radius 2 is 1.96 bits per heavy atom. The fraction of sp³-hybridized carbons (Fsp3) is 0.524. The van der Waals surface area contributed by atoms with E-state index in [1.54, 1.807) is 6.20 Å². The minimum Gasteiger partial charge on any atom is -0.339 e. The molecule has 0 radical (unpaired) electrons. The number of aromatic nitrogens is 2. The van der Waals surface area contributed by atoms with Crippen LogP contribution in [0.15, 0.2) is 24.4 Å². The van der Waals surface area contributed by atoms with E-state index in [1.165, 1.54) is 0 Å². The molecule has 1 amide bonds. The Morgan fingerprint density at radius 1 is 1.26 bits per heavy atom. The Balaban J connectivity index is 1.61. The number of rotatable bonds is 4. The zero-order valence-corrected chi connectivity index (χ0v) is 16.7. The number of likely N-dealkylation sites (tertiary alicyclic amines) is 1. The molecule has 2 aromatic rings. The highest BCUT2D eigenvalue weighted by Crippen LogP contribution is 2.43. The van der Waals surface area contributed by atoms with Gasteiger partial charge >= 0.3 is 0 Å². The van der Waals surface area contributed by atoms with Crippen molar-refractivity contribution in [1.82, 2.24) is 14.7 Å². The van der Waals surface area contributed by atoms with Crippen LogP contribution in [0.3, 0.4) is 0 Å². The maximum atomic E-state index is 13.2. The molecule has 0 spiro atoms. The molecule has 5 nitrogen and oxygen atoms in total. The van der Waals surface area contributed by atoms with Crippen LogP contribution in [0.1, 0.15) is 60.1 Å². The second-order valence-electron chi connectivity index (χ2n) is 8.05. The van der Waals surface area contributed by atoms with E-state index in [-0.39, 0.29) is 11.9 Å². The van der Waals surface area contributed by atoms with Crippen LogP contribution >= 0.6 is 11.6 Å². The summed E-state index contributed by atoms with van der Waals surface area (Å²) in [5, 5.41) is 5.29. The van der Waals surface area contributed by atoms with Gasteiger partial charge in [0.25, 0.3) is 5.91 Å². The summed E-state index contributed by atoms with van der Waals surface area (Å²) in [4.78, 5) is 15.2. The molecule has 1 unspecified atom stereocenters. The van der Waals surface area contributed by atoms with Gasteiger partial charge in [0.05, 0.1) is 23.1 Å². The largest absolute Gasteiger partial charge is 0.339 e. The second kappa shape index (κ2) is 7.28. The molecule has 2 fully saturated rings. The summed E-state index contributed by atoms with van der Waals surface area (Å²) < 4.78 is 1.91. The lowest BCUT2D eigenvalue weighted by Gasteiger charge is -2.33. The van der Waals surface area contributed by atoms with Crippen molar-refractivity contribution in [2.24, 2.45) is 11.7 Å². The first-order chi connectivity index (χ1) is 13.0. The van der Waals surface area contributed by atoms with Gasteiger partial charge in [-0.05, 0) is 63.1 Å². The van der Waals surface area contributed by atoms with Gasteiger partial charge in [0.15, 0.2) is 0 Å². The van der Waals surface area contributed by atoms with E-state index >= 15 is 0 Å². The zero-order valence-electron chi connectivity index (χ0n) is 16.0. The van der Waals surface area contributed by atoms with Gasteiger partial charge in [-0.1, -0.05) is 17.7 Å². The van der Waals surface area contributed by atoms with Crippen LogP contribution in [0.25, 0.3) is 5.69 Å². The molecule has 4 rings (SSSR count). The van der Waals surface area contributed by atoms with E-state index in [0.717, 1.165) is 66.3 Å². The van der Waals surface area contributed by atoms with Crippen molar-refractivity contribution in [3.05, 3.63) is 46.2 Å². The third-order valence-corrected chi connectivity index (χ3v) is 6.38. The van der Waals surface area contributed by atoms with Crippen LogP contribution in [0.5, 0.6) is 0 Å². The smallest absolute Gasteiger partial charge is 0.257 e. The van der Waals surface area contributed by atoms with Gasteiger partial charge in [0.2, 0.25) is 0 Å². The van der Waals surface area contributed by atoms with E-state index in [0.29, 0.717) is 11.8 Å². The number of halogens is 1. The maximum Gasteiger partial charge on any atom is 0.257 e. The van der Waals surface area contributed by atoms with Gasteiger partial charge < -0.3 is 10.6 Å². The summed E-state index contributed by atoms with van der Waals surface area (Å²) in [6, 6.07) is 6.13. The van der Waals surface area contributed by atoms with Crippen LogP contribution in [-0.4, -0.2) is 39.7 Å². The Labute approximate surface area is 165 Å². The van der Waals surface area contributed by atoms with Crippen LogP contribution in [0.2, 0.25) is 5.02 Å². The molecule has 0 bridgehead atoms. The predicted molar refractivity (Wildman–Crippen MR) is 108 cm³/mol. The van der Waals surface area contributed by atoms with E-state index in [9.17, 15) is 4.79 Å². The van der Waals surface area contributed by atoms with Gasteiger partial charge in [0, 0.05) is 30.1 Å². The fourth-order valence-corrected chi connectivity index (χ4v) is 4.17. The highest BCUT2D eigenvalue weighted by molar-refractivity contribution is 6.31. The number of nitrogens with two attached hydrogens (primary N) is 1. The Kier molecular flexibility index (Phi) is 4.99. The summed E-state index contributed by atoms with van der Waals surface area (Å²) >= 11 is 6.32. The van der Waals surface area contributed by atoms with E-state index < -0.39 is 0 Å². The quantitative estimate of drug-likeness (QED) is 0.866. The molecular formula is C21H27ClN4O. The number of hydrogen-bond acceptors (Lipinski definition) is 3. The molecule has 27 heavy (non-hydrogen) atoms. The first kappa shape index (κ1) is 18.5. The molecule has 1 atom stereocenters. The number of amides is 1. The van der Waals surface area contributed by atoms with E-state index in [1.807, 2.05) is 34.7 Å². The minimum atomic E-state index is 0.101. The topological polar surface area (TPSA) is 64.2 Å². The Morgan fingerprint density at radius 3 is 2.56 bits per heavy atom. The third-order valence-electron chi connectivity index (χ3n) is 5.97. The average Bonchev–Trinajstić information content (AvgIpc) is 3.41. The van der Waals surface area contributed by atoms with E-state index in [4.69, 9.17) is 17.3 Å². The van der Waals surface area contributed by atoms with Crippen LogP contribution in [0.4, 0.5) is 0 Å². The van der Waals surface area contributed by atoms with Crippen molar-refractivity contribution in [1.29, 1.82) is 0 Å². The first-order valence-corrected chi connectivity index (χ1v) is 10.2. The average molecular weight is 387 g/mol. The van der Waals surface area contributed by atoms with Crippen molar-refractivity contribution in [2.45, 2.75) is 51.5 Å². The highest BCUT2D eigenvalue weighted by atomic mass is 35.5. The van der Waals surface area contributed by atoms with Gasteiger partial charge in [-0.2, -0.15) is 5.10 Å². The molecule has 1 saturated heterocycles. The maximum absolute atomic E-state index is 13.2. The molecule has 2 heterocycles. The van der Waals surface area contributed by atoms with Gasteiger partial charge in [-0.3, -0.25) is 4.79 Å². The molecule has 144 valence electrons. The lowest BCUT2D eigenvalue weighted by Crippen LogP contribution is -2.42. The molecule has 1 aromatic heterocycles. The number of hydrogen-bond donors (Lipinski definition) is 1. The molecule has 6 heteroatoms. The molecule has 1 aliphatic carbocycles. The predicted octanol–water partition coefficient (Wildman–Crippen LogP) is 3.91. The summed E-state index contributed by atoms with van der Waals surface area (Å²) in [7, 11) is 0. The standard InChI is InChI=1S/C21H27ClN4O/c1-13-3-6-17(11-19(13)22)26-20(16-4-5-16)18(12-24-26)21(27)25-9-7-15(8-10-25)14(2)23/h3,6,11-12,14-16H,4-5,7-10,23H2,1-2H3. The number of aryl methyl sites for hydroxylation is 1. The SMILES string of the molecule is Cc1ccc(-n2ncc(C(=O)N3CCC(C(C)N)CC3)c2C2CC2)cc1Cl. The number of carbonyl (C=O) groups excluding carboxylic acids is 1. The monoisotopic (exact) mass is 386 g/mol. The van der Waals surface area contributed by atoms with Crippen molar-refractivity contribution in [3.63, 3.8) is 0 Å². The summed E-state index contributed by atoms with van der Waals surface area (Å²) in [6.45, 7) is 5.59. The number of nitrogens with zero attached hydrogens (tertiary/aromatic N) is 3. The number of benzene rings is 1. The lowest BCUT2D eigenvalue weighted by atomic mass is 9.90. The fourth-order valence-electron chi connectivity index (χ4n) is 3.99. The second-order valence-corrected chi connectivity index (χ2v) is 8.46. The van der Waals surface area contributed by atoms with Crippen molar-refractivity contribution in [2.75, 3.05) is 13.1 Å². The molecule has 1 aliphatic heterocycles. The first-order valence-electron chi connectivity index (χ1n) is 9.85. The van der Waals surface area contributed by atoms with Gasteiger partial charge in [-0.15, -0.1) is 0 Å². The van der Waals surface area contributed by atoms with Gasteiger partial charge in [0.1, 0.15) is 0 Å². The van der Waals surface area contributed by atoms with Crippen LogP contribution in [-0.2, 0) is 0 Å². The molecule has 1 aromatic carbocycles. The summed E-state index contributed by atoms with van der Waals surface area (Å²) in [5.74, 6) is 1.02. The van der Waals surface area contributed by atoms with Crippen LogP contribution < -0.4 is 5.73 Å². The minimum absolute atomic E-state index is 0.101. The molecule has 2 aliphatic rings. The van der Waals surface area contributed by atoms with Gasteiger partial charge in [-0.25, -0.2) is 4.68 Å². The third kappa shape index (κ3) is 3.63. The molecule has 2 N–H and O–H groups in total. The van der Waals surface area contributed by atoms with Crippen molar-refractivity contribution < 1.29 is 4.79 Å². The van der Waals surface area contributed by atoms with Crippen molar-refractivity contribution in [3.8, 4) is 5.69 Å². The van der Waals surface area contributed by atoms with Crippen molar-refractivity contribution >= 4 is 17.5 Å². The molecular weight excluding hydrogens is 360 g/mol. The lowest BCUT2D eigenvalue weighted by molar-refractivity contribution is 0.0679. The molecule has 1 saturated carbocycles. The Hall–Kier alpha value is -1.85. The summed E-state index contributed by atoms with van der Waals surface area (Å²) in [5.41, 5.74) is 9.77. The van der Waals surface area contributed by atoms with E-state index in [2.05, 4.69) is 12.0 Å². The number of piperidine rings is 1. The van der Waals surface area contributed by atoms with Crippen LogP contribution in [0, 0.1) is 12.8 Å². The normalized spacial score (nSPS) is 19.3. The Bertz CT molecular complexity index is 848. The summed E-state index contributed by atoms with van der Waals surface area (Å²) in [6.07, 6.45) is 5.91. The number of carbonyl (C=O) groups is 1. The zero-order chi connectivity index (χ0) is 19.1.